The third kappa shape index (κ3) is 1.31. The van der Waals surface area contributed by atoms with Crippen molar-refractivity contribution in [1.82, 2.24) is 4.98 Å². The highest BCUT2D eigenvalue weighted by Crippen LogP contribution is 2.26. The molecule has 3 aromatic rings. The number of fused-ring (bicyclic) bond motifs is 1. The van der Waals surface area contributed by atoms with Crippen molar-refractivity contribution in [2.75, 3.05) is 0 Å². The highest BCUT2D eigenvalue weighted by atomic mass is 16.3. The molecule has 0 unspecified atom stereocenters. The van der Waals surface area contributed by atoms with E-state index in [0.717, 1.165) is 22.2 Å². The summed E-state index contributed by atoms with van der Waals surface area (Å²) in [6.07, 6.45) is 1.47. The molecule has 2 aromatic carbocycles. The molecule has 0 aliphatic rings. The van der Waals surface area contributed by atoms with Crippen LogP contribution < -0.4 is 0 Å². The van der Waals surface area contributed by atoms with Gasteiger partial charge in [0.25, 0.3) is 0 Å². The third-order valence-corrected chi connectivity index (χ3v) is 2.36. The number of para-hydroxylation sites is 1. The number of aromatic nitrogens is 1. The fraction of sp³-hybridized carbons (Fsp3) is 0. The summed E-state index contributed by atoms with van der Waals surface area (Å²) in [5.74, 6) is 0. The third-order valence-electron chi connectivity index (χ3n) is 2.36. The molecule has 0 fully saturated rings. The number of benzene rings is 2. The molecule has 0 bridgehead atoms. The molecule has 0 amide bonds. The molecule has 0 spiro atoms. The monoisotopic (exact) mass is 194 g/mol. The second-order valence-corrected chi connectivity index (χ2v) is 3.28. The van der Waals surface area contributed by atoms with Crippen LogP contribution in [0.25, 0.3) is 22.2 Å². The van der Waals surface area contributed by atoms with Crippen molar-refractivity contribution in [2.45, 2.75) is 0 Å². The van der Waals surface area contributed by atoms with E-state index in [1.54, 1.807) is 0 Å². The predicted molar refractivity (Wildman–Crippen MR) is 58.3 cm³/mol. The van der Waals surface area contributed by atoms with Crippen LogP contribution in [0.5, 0.6) is 0 Å². The number of hydrogen-bond donors (Lipinski definition) is 0. The first-order chi connectivity index (χ1) is 7.45. The smallest absolute Gasteiger partial charge is 0.182 e. The largest absolute Gasteiger partial charge is 0.443 e. The lowest BCUT2D eigenvalue weighted by atomic mass is 10.0. The van der Waals surface area contributed by atoms with Gasteiger partial charge in [-0.2, -0.15) is 0 Å². The summed E-state index contributed by atoms with van der Waals surface area (Å²) in [6, 6.07) is 16.9. The highest BCUT2D eigenvalue weighted by Gasteiger charge is 2.05. The molecule has 71 valence electrons. The van der Waals surface area contributed by atoms with Crippen LogP contribution in [0.1, 0.15) is 0 Å². The van der Waals surface area contributed by atoms with Crippen molar-refractivity contribution in [3.05, 3.63) is 54.9 Å². The molecule has 0 atom stereocenters. The van der Waals surface area contributed by atoms with Crippen LogP contribution in [0.3, 0.4) is 0 Å². The van der Waals surface area contributed by atoms with Gasteiger partial charge in [0.15, 0.2) is 12.0 Å². The van der Waals surface area contributed by atoms with Gasteiger partial charge in [0, 0.05) is 5.56 Å². The number of nitrogens with zero attached hydrogens (tertiary/aromatic N) is 1. The molecular formula is C13H8NO. The Morgan fingerprint density at radius 1 is 1.07 bits per heavy atom. The van der Waals surface area contributed by atoms with E-state index in [4.69, 9.17) is 4.42 Å². The molecule has 15 heavy (non-hydrogen) atoms. The molecule has 0 N–H and O–H groups in total. The van der Waals surface area contributed by atoms with Gasteiger partial charge in [0.2, 0.25) is 0 Å². The summed E-state index contributed by atoms with van der Waals surface area (Å²) in [7, 11) is 0. The van der Waals surface area contributed by atoms with Crippen molar-refractivity contribution >= 4 is 11.1 Å². The molecule has 3 rings (SSSR count). The zero-order valence-electron chi connectivity index (χ0n) is 7.97. The van der Waals surface area contributed by atoms with E-state index in [9.17, 15) is 0 Å². The lowest BCUT2D eigenvalue weighted by Gasteiger charge is -2.00. The first-order valence-electron chi connectivity index (χ1n) is 4.74. The first kappa shape index (κ1) is 8.24. The average molecular weight is 194 g/mol. The van der Waals surface area contributed by atoms with Crippen molar-refractivity contribution in [2.24, 2.45) is 0 Å². The van der Waals surface area contributed by atoms with Gasteiger partial charge >= 0.3 is 0 Å². The zero-order chi connectivity index (χ0) is 10.1. The quantitative estimate of drug-likeness (QED) is 0.594. The number of hydrogen-bond acceptors (Lipinski definition) is 2. The Balaban J connectivity index is 2.31. The second kappa shape index (κ2) is 3.24. The fourth-order valence-corrected chi connectivity index (χ4v) is 1.66. The summed E-state index contributed by atoms with van der Waals surface area (Å²) < 4.78 is 5.26. The Morgan fingerprint density at radius 2 is 2.07 bits per heavy atom. The Labute approximate surface area is 87.2 Å². The number of rotatable bonds is 1. The summed E-state index contributed by atoms with van der Waals surface area (Å²) >= 11 is 0. The minimum Gasteiger partial charge on any atom is -0.443 e. The van der Waals surface area contributed by atoms with Crippen LogP contribution >= 0.6 is 0 Å². The molecule has 2 heteroatoms. The maximum Gasteiger partial charge on any atom is 0.182 e. The fourth-order valence-electron chi connectivity index (χ4n) is 1.66. The minimum absolute atomic E-state index is 0.810. The summed E-state index contributed by atoms with van der Waals surface area (Å²) in [5, 5.41) is 0. The topological polar surface area (TPSA) is 26.0 Å². The van der Waals surface area contributed by atoms with E-state index in [2.05, 4.69) is 11.1 Å². The molecule has 1 aromatic heterocycles. The molecule has 1 radical (unpaired) electrons. The van der Waals surface area contributed by atoms with Crippen LogP contribution in [0, 0.1) is 6.07 Å². The average Bonchev–Trinajstić information content (AvgIpc) is 2.78. The van der Waals surface area contributed by atoms with Gasteiger partial charge in [-0.05, 0) is 17.7 Å². The van der Waals surface area contributed by atoms with E-state index in [-0.39, 0.29) is 0 Å². The normalized spacial score (nSPS) is 10.7. The molecule has 0 saturated heterocycles. The summed E-state index contributed by atoms with van der Waals surface area (Å²) in [5.41, 5.74) is 3.79. The van der Waals surface area contributed by atoms with Crippen molar-refractivity contribution in [3.8, 4) is 11.1 Å². The minimum atomic E-state index is 0.810. The molecule has 0 aliphatic heterocycles. The maximum absolute atomic E-state index is 5.26. The van der Waals surface area contributed by atoms with Gasteiger partial charge in [-0.25, -0.2) is 4.98 Å². The lowest BCUT2D eigenvalue weighted by Crippen LogP contribution is -1.79. The van der Waals surface area contributed by atoms with Gasteiger partial charge in [0.1, 0.15) is 5.52 Å². The van der Waals surface area contributed by atoms with Gasteiger partial charge in [-0.1, -0.05) is 36.4 Å². The van der Waals surface area contributed by atoms with Crippen molar-refractivity contribution in [1.29, 1.82) is 0 Å². The Bertz CT molecular complexity index is 584. The summed E-state index contributed by atoms with van der Waals surface area (Å²) in [4.78, 5) is 4.21. The Hall–Kier alpha value is -2.09. The van der Waals surface area contributed by atoms with Gasteiger partial charge in [-0.15, -0.1) is 0 Å². The predicted octanol–water partition coefficient (Wildman–Crippen LogP) is 3.29. The SMILES string of the molecule is [c]1ccccc1-c1cccc2ocnc12. The molecule has 0 saturated carbocycles. The van der Waals surface area contributed by atoms with E-state index in [0.29, 0.717) is 0 Å². The Morgan fingerprint density at radius 3 is 2.93 bits per heavy atom. The standard InChI is InChI=1S/C13H8NO/c1-2-5-10(6-3-1)11-7-4-8-12-13(11)14-9-15-12/h1-5,7-9H. The first-order valence-corrected chi connectivity index (χ1v) is 4.74. The lowest BCUT2D eigenvalue weighted by molar-refractivity contribution is 0.602. The zero-order valence-corrected chi connectivity index (χ0v) is 7.97. The molecule has 2 nitrogen and oxygen atoms in total. The van der Waals surface area contributed by atoms with Crippen molar-refractivity contribution < 1.29 is 4.42 Å². The van der Waals surface area contributed by atoms with E-state index < -0.39 is 0 Å². The second-order valence-electron chi connectivity index (χ2n) is 3.28. The van der Waals surface area contributed by atoms with Gasteiger partial charge < -0.3 is 4.42 Å². The maximum atomic E-state index is 5.26. The van der Waals surface area contributed by atoms with Crippen LogP contribution in [0.15, 0.2) is 53.3 Å². The molecule has 1 heterocycles. The molecular weight excluding hydrogens is 186 g/mol. The molecule has 0 aliphatic carbocycles. The van der Waals surface area contributed by atoms with Crippen LogP contribution in [0.2, 0.25) is 0 Å². The van der Waals surface area contributed by atoms with Crippen LogP contribution in [-0.2, 0) is 0 Å². The van der Waals surface area contributed by atoms with E-state index >= 15 is 0 Å². The van der Waals surface area contributed by atoms with Gasteiger partial charge in [-0.3, -0.25) is 0 Å². The highest BCUT2D eigenvalue weighted by molar-refractivity contribution is 5.90. The van der Waals surface area contributed by atoms with E-state index in [1.807, 2.05) is 42.5 Å². The Kier molecular flexibility index (Phi) is 1.78. The van der Waals surface area contributed by atoms with Crippen molar-refractivity contribution in [3.63, 3.8) is 0 Å². The summed E-state index contributed by atoms with van der Waals surface area (Å²) in [6.45, 7) is 0. The number of oxazole rings is 1. The van der Waals surface area contributed by atoms with Gasteiger partial charge in [0.05, 0.1) is 0 Å². The van der Waals surface area contributed by atoms with E-state index in [1.165, 1.54) is 6.39 Å². The van der Waals surface area contributed by atoms with Crippen LogP contribution in [0.4, 0.5) is 0 Å². The van der Waals surface area contributed by atoms with Crippen LogP contribution in [-0.4, -0.2) is 4.98 Å².